The summed E-state index contributed by atoms with van der Waals surface area (Å²) in [5.74, 6) is 0.365. The number of para-hydroxylation sites is 1. The Bertz CT molecular complexity index is 1140. The number of carbonyl (C=O) groups is 1. The highest BCUT2D eigenvalue weighted by molar-refractivity contribution is 7.99. The quantitative estimate of drug-likeness (QED) is 0.310. The van der Waals surface area contributed by atoms with E-state index in [4.69, 9.17) is 4.98 Å². The highest BCUT2D eigenvalue weighted by Gasteiger charge is 2.28. The maximum absolute atomic E-state index is 13.1. The number of thioether (sulfide) groups is 1. The molecule has 0 unspecified atom stereocenters. The Morgan fingerprint density at radius 2 is 2.00 bits per heavy atom. The van der Waals surface area contributed by atoms with E-state index >= 15 is 0 Å². The first-order valence-electron chi connectivity index (χ1n) is 10.3. The van der Waals surface area contributed by atoms with Crippen LogP contribution in [-0.2, 0) is 0 Å². The molecule has 2 heterocycles. The molecule has 1 fully saturated rings. The Hall–Kier alpha value is -2.34. The Labute approximate surface area is 175 Å². The predicted molar refractivity (Wildman–Crippen MR) is 118 cm³/mol. The Balaban J connectivity index is 1.65. The van der Waals surface area contributed by atoms with Crippen LogP contribution in [0.5, 0.6) is 0 Å². The number of ketones is 1. The van der Waals surface area contributed by atoms with Gasteiger partial charge in [-0.15, -0.1) is 0 Å². The van der Waals surface area contributed by atoms with Gasteiger partial charge in [-0.05, 0) is 58.2 Å². The number of carbonyl (C=O) groups excluding carboxylic acids is 1. The lowest BCUT2D eigenvalue weighted by Gasteiger charge is -2.18. The van der Waals surface area contributed by atoms with Gasteiger partial charge >= 0.3 is 0 Å². The van der Waals surface area contributed by atoms with Crippen molar-refractivity contribution < 1.29 is 4.79 Å². The number of aryl methyl sites for hydroxylation is 1. The fourth-order valence-corrected chi connectivity index (χ4v) is 4.94. The van der Waals surface area contributed by atoms with Gasteiger partial charge < -0.3 is 4.57 Å². The van der Waals surface area contributed by atoms with Gasteiger partial charge in [-0.3, -0.25) is 14.2 Å². The van der Waals surface area contributed by atoms with Gasteiger partial charge in [0.25, 0.3) is 5.56 Å². The molecule has 0 bridgehead atoms. The molecule has 1 aromatic carbocycles. The van der Waals surface area contributed by atoms with Gasteiger partial charge in [-0.25, -0.2) is 4.98 Å². The molecular weight excluding hydrogens is 382 g/mol. The summed E-state index contributed by atoms with van der Waals surface area (Å²) in [5, 5.41) is 1.24. The summed E-state index contributed by atoms with van der Waals surface area (Å²) in [6, 6.07) is 10.0. The molecule has 0 N–H and O–H groups in total. The third-order valence-electron chi connectivity index (χ3n) is 5.84. The van der Waals surface area contributed by atoms with Crippen molar-refractivity contribution in [2.75, 3.05) is 5.75 Å². The molecule has 0 aliphatic heterocycles. The largest absolute Gasteiger partial charge is 0.345 e. The van der Waals surface area contributed by atoms with Gasteiger partial charge in [0.05, 0.1) is 16.7 Å². The molecular formula is C23H27N3O2S. The van der Waals surface area contributed by atoms with Crippen LogP contribution >= 0.6 is 11.8 Å². The highest BCUT2D eigenvalue weighted by Crippen LogP contribution is 2.38. The fraction of sp³-hybridized carbons (Fsp3) is 0.435. The molecule has 152 valence electrons. The summed E-state index contributed by atoms with van der Waals surface area (Å²) in [4.78, 5) is 30.8. The van der Waals surface area contributed by atoms with Crippen molar-refractivity contribution in [1.82, 2.24) is 14.1 Å². The van der Waals surface area contributed by atoms with E-state index in [-0.39, 0.29) is 23.1 Å². The van der Waals surface area contributed by atoms with Gasteiger partial charge in [0.1, 0.15) is 0 Å². The first-order valence-corrected chi connectivity index (χ1v) is 11.3. The molecule has 0 radical (unpaired) electrons. The molecule has 2 aromatic heterocycles. The lowest BCUT2D eigenvalue weighted by atomic mass is 10.2. The zero-order valence-electron chi connectivity index (χ0n) is 17.4. The molecule has 3 aromatic rings. The topological polar surface area (TPSA) is 56.9 Å². The van der Waals surface area contributed by atoms with Crippen LogP contribution in [0.3, 0.4) is 0 Å². The van der Waals surface area contributed by atoms with Crippen LogP contribution in [-0.4, -0.2) is 25.7 Å². The molecule has 0 spiro atoms. The van der Waals surface area contributed by atoms with E-state index in [1.807, 2.05) is 44.2 Å². The number of rotatable bonds is 7. The monoisotopic (exact) mass is 409 g/mol. The van der Waals surface area contributed by atoms with E-state index in [1.54, 1.807) is 4.57 Å². The number of nitrogens with zero attached hydrogens (tertiary/aromatic N) is 3. The van der Waals surface area contributed by atoms with Crippen molar-refractivity contribution in [2.45, 2.75) is 64.2 Å². The van der Waals surface area contributed by atoms with Crippen molar-refractivity contribution in [2.24, 2.45) is 0 Å². The molecule has 0 saturated heterocycles. The second-order valence-corrected chi connectivity index (χ2v) is 8.88. The minimum atomic E-state index is -0.0354. The Morgan fingerprint density at radius 3 is 2.69 bits per heavy atom. The zero-order valence-corrected chi connectivity index (χ0v) is 18.3. The SMILES string of the molecule is CC[C@H](C)n1c(SCC(=O)c2cc(C)n(C3CC3)c2C)nc2ccccc2c1=O. The van der Waals surface area contributed by atoms with Gasteiger partial charge in [-0.2, -0.15) is 0 Å². The number of Topliss-reactive ketones (excluding diaryl/α,β-unsaturated/α-hetero) is 1. The zero-order chi connectivity index (χ0) is 20.7. The lowest BCUT2D eigenvalue weighted by Crippen LogP contribution is -2.26. The van der Waals surface area contributed by atoms with E-state index < -0.39 is 0 Å². The molecule has 1 aliphatic rings. The standard InChI is InChI=1S/C23H27N3O2S/c1-5-14(2)26-22(28)18-8-6-7-9-20(18)24-23(26)29-13-21(27)19-12-15(3)25(16(19)4)17-10-11-17/h6-9,12,14,17H,5,10-11,13H2,1-4H3/t14-/m0/s1. The summed E-state index contributed by atoms with van der Waals surface area (Å²) >= 11 is 1.36. The van der Waals surface area contributed by atoms with E-state index in [0.29, 0.717) is 22.1 Å². The summed E-state index contributed by atoms with van der Waals surface area (Å²) < 4.78 is 4.04. The average Bonchev–Trinajstić information content (AvgIpc) is 3.50. The third kappa shape index (κ3) is 3.66. The number of benzene rings is 1. The van der Waals surface area contributed by atoms with Crippen molar-refractivity contribution in [3.8, 4) is 0 Å². The van der Waals surface area contributed by atoms with Crippen LogP contribution < -0.4 is 5.56 Å². The number of fused-ring (bicyclic) bond motifs is 1. The van der Waals surface area contributed by atoms with Crippen LogP contribution in [0, 0.1) is 13.8 Å². The second kappa shape index (κ2) is 7.82. The molecule has 1 saturated carbocycles. The van der Waals surface area contributed by atoms with Gasteiger partial charge in [0.2, 0.25) is 0 Å². The number of aromatic nitrogens is 3. The van der Waals surface area contributed by atoms with Gasteiger partial charge in [0, 0.05) is 29.0 Å². The Kier molecular flexibility index (Phi) is 5.38. The summed E-state index contributed by atoms with van der Waals surface area (Å²) in [6.45, 7) is 8.18. The minimum Gasteiger partial charge on any atom is -0.345 e. The highest BCUT2D eigenvalue weighted by atomic mass is 32.2. The second-order valence-electron chi connectivity index (χ2n) is 7.94. The lowest BCUT2D eigenvalue weighted by molar-refractivity contribution is 0.102. The normalized spacial score (nSPS) is 15.0. The smallest absolute Gasteiger partial charge is 0.262 e. The molecule has 4 rings (SSSR count). The molecule has 29 heavy (non-hydrogen) atoms. The predicted octanol–water partition coefficient (Wildman–Crippen LogP) is 5.10. The summed E-state index contributed by atoms with van der Waals surface area (Å²) in [7, 11) is 0. The van der Waals surface area contributed by atoms with E-state index in [9.17, 15) is 9.59 Å². The molecule has 1 atom stereocenters. The fourth-order valence-electron chi connectivity index (χ4n) is 3.96. The van der Waals surface area contributed by atoms with E-state index in [2.05, 4.69) is 18.4 Å². The molecule has 1 aliphatic carbocycles. The average molecular weight is 410 g/mol. The molecule has 5 nitrogen and oxygen atoms in total. The van der Waals surface area contributed by atoms with Crippen molar-refractivity contribution in [1.29, 1.82) is 0 Å². The van der Waals surface area contributed by atoms with Crippen molar-refractivity contribution in [3.63, 3.8) is 0 Å². The van der Waals surface area contributed by atoms with E-state index in [0.717, 1.165) is 23.4 Å². The van der Waals surface area contributed by atoms with Crippen LogP contribution in [0.1, 0.15) is 66.9 Å². The van der Waals surface area contributed by atoms with Crippen LogP contribution in [0.4, 0.5) is 0 Å². The van der Waals surface area contributed by atoms with Gasteiger partial charge in [-0.1, -0.05) is 30.8 Å². The Morgan fingerprint density at radius 1 is 1.28 bits per heavy atom. The first-order chi connectivity index (χ1) is 13.9. The molecule has 0 amide bonds. The van der Waals surface area contributed by atoms with Crippen LogP contribution in [0.15, 0.2) is 40.3 Å². The first kappa shape index (κ1) is 20.0. The van der Waals surface area contributed by atoms with Crippen LogP contribution in [0.25, 0.3) is 10.9 Å². The van der Waals surface area contributed by atoms with Crippen molar-refractivity contribution in [3.05, 3.63) is 57.6 Å². The van der Waals surface area contributed by atoms with Crippen LogP contribution in [0.2, 0.25) is 0 Å². The minimum absolute atomic E-state index is 0.0251. The number of hydrogen-bond acceptors (Lipinski definition) is 4. The van der Waals surface area contributed by atoms with Crippen molar-refractivity contribution >= 4 is 28.4 Å². The maximum atomic E-state index is 13.1. The van der Waals surface area contributed by atoms with Gasteiger partial charge in [0.15, 0.2) is 10.9 Å². The number of hydrogen-bond donors (Lipinski definition) is 0. The maximum Gasteiger partial charge on any atom is 0.262 e. The summed E-state index contributed by atoms with van der Waals surface area (Å²) in [6.07, 6.45) is 3.21. The van der Waals surface area contributed by atoms with E-state index in [1.165, 1.54) is 24.6 Å². The summed E-state index contributed by atoms with van der Waals surface area (Å²) in [5.41, 5.74) is 3.64. The molecule has 6 heteroatoms. The third-order valence-corrected chi connectivity index (χ3v) is 6.79.